The number of rotatable bonds is 4. The maximum atomic E-state index is 13.5. The van der Waals surface area contributed by atoms with Crippen molar-refractivity contribution in [2.24, 2.45) is 0 Å². The molecule has 0 aliphatic rings. The van der Waals surface area contributed by atoms with Gasteiger partial charge in [-0.1, -0.05) is 23.7 Å². The second kappa shape index (κ2) is 5.83. The molecule has 1 N–H and O–H groups in total. The van der Waals surface area contributed by atoms with Crippen molar-refractivity contribution in [3.05, 3.63) is 62.5 Å². The lowest BCUT2D eigenvalue weighted by molar-refractivity contribution is -0.385. The molecule has 7 heteroatoms. The monoisotopic (exact) mass is 295 g/mol. The minimum Gasteiger partial charge on any atom is -0.364 e. The molecule has 0 radical (unpaired) electrons. The molecule has 0 bridgehead atoms. The number of benzene rings is 1. The SMILES string of the molecule is Cc1c(CNc2ncc(Cl)cc2F)cccc1[N+](=O)[O-]. The van der Waals surface area contributed by atoms with Gasteiger partial charge in [-0.3, -0.25) is 10.1 Å². The second-order valence-corrected chi connectivity index (χ2v) is 4.59. The summed E-state index contributed by atoms with van der Waals surface area (Å²) in [6.07, 6.45) is 1.33. The third kappa shape index (κ3) is 3.03. The van der Waals surface area contributed by atoms with Crippen LogP contribution >= 0.6 is 11.6 Å². The zero-order valence-electron chi connectivity index (χ0n) is 10.6. The van der Waals surface area contributed by atoms with Gasteiger partial charge in [-0.25, -0.2) is 9.37 Å². The van der Waals surface area contributed by atoms with E-state index in [-0.39, 0.29) is 23.1 Å². The molecular formula is C13H11ClFN3O2. The van der Waals surface area contributed by atoms with Crippen molar-refractivity contribution in [1.29, 1.82) is 0 Å². The van der Waals surface area contributed by atoms with E-state index in [0.717, 1.165) is 6.07 Å². The van der Waals surface area contributed by atoms with Crippen LogP contribution in [0.3, 0.4) is 0 Å². The summed E-state index contributed by atoms with van der Waals surface area (Å²) in [6, 6.07) is 5.91. The highest BCUT2D eigenvalue weighted by atomic mass is 35.5. The molecule has 2 rings (SSSR count). The molecule has 5 nitrogen and oxygen atoms in total. The van der Waals surface area contributed by atoms with Crippen LogP contribution in [0.5, 0.6) is 0 Å². The molecule has 0 fully saturated rings. The Morgan fingerprint density at radius 2 is 2.25 bits per heavy atom. The zero-order valence-corrected chi connectivity index (χ0v) is 11.3. The Morgan fingerprint density at radius 1 is 1.50 bits per heavy atom. The lowest BCUT2D eigenvalue weighted by atomic mass is 10.1. The van der Waals surface area contributed by atoms with Gasteiger partial charge in [0.15, 0.2) is 11.6 Å². The molecule has 0 unspecified atom stereocenters. The predicted molar refractivity (Wildman–Crippen MR) is 74.4 cm³/mol. The van der Waals surface area contributed by atoms with E-state index in [9.17, 15) is 14.5 Å². The Morgan fingerprint density at radius 3 is 2.90 bits per heavy atom. The maximum Gasteiger partial charge on any atom is 0.272 e. The van der Waals surface area contributed by atoms with Crippen LogP contribution in [0.4, 0.5) is 15.9 Å². The molecule has 0 saturated carbocycles. The van der Waals surface area contributed by atoms with Crippen molar-refractivity contribution in [3.8, 4) is 0 Å². The number of nitrogens with one attached hydrogen (secondary N) is 1. The summed E-state index contributed by atoms with van der Waals surface area (Å²) in [5.74, 6) is -0.513. The number of anilines is 1. The van der Waals surface area contributed by atoms with Crippen molar-refractivity contribution in [2.45, 2.75) is 13.5 Å². The quantitative estimate of drug-likeness (QED) is 0.690. The van der Waals surface area contributed by atoms with Crippen LogP contribution in [0.2, 0.25) is 5.02 Å². The lowest BCUT2D eigenvalue weighted by Gasteiger charge is -2.09. The second-order valence-electron chi connectivity index (χ2n) is 4.16. The number of nitrogens with zero attached hydrogens (tertiary/aromatic N) is 2. The van der Waals surface area contributed by atoms with Crippen molar-refractivity contribution < 1.29 is 9.31 Å². The van der Waals surface area contributed by atoms with Gasteiger partial charge in [0.05, 0.1) is 9.95 Å². The normalized spacial score (nSPS) is 10.3. The fourth-order valence-corrected chi connectivity index (χ4v) is 1.93. The van der Waals surface area contributed by atoms with Crippen LogP contribution in [0.15, 0.2) is 30.5 Å². The van der Waals surface area contributed by atoms with Crippen LogP contribution in [-0.2, 0) is 6.54 Å². The fourth-order valence-electron chi connectivity index (χ4n) is 1.78. The van der Waals surface area contributed by atoms with Gasteiger partial charge >= 0.3 is 0 Å². The Bertz CT molecular complexity index is 664. The van der Waals surface area contributed by atoms with Gasteiger partial charge in [-0.05, 0) is 18.6 Å². The molecule has 2 aromatic rings. The number of hydrogen-bond donors (Lipinski definition) is 1. The highest BCUT2D eigenvalue weighted by Gasteiger charge is 2.13. The molecule has 104 valence electrons. The van der Waals surface area contributed by atoms with E-state index in [2.05, 4.69) is 10.3 Å². The molecule has 1 heterocycles. The molecule has 0 aliphatic carbocycles. The predicted octanol–water partition coefficient (Wildman–Crippen LogP) is 3.70. The summed E-state index contributed by atoms with van der Waals surface area (Å²) in [5, 5.41) is 13.8. The van der Waals surface area contributed by atoms with Crippen molar-refractivity contribution in [3.63, 3.8) is 0 Å². The van der Waals surface area contributed by atoms with Crippen LogP contribution in [0.25, 0.3) is 0 Å². The molecule has 1 aromatic carbocycles. The highest BCUT2D eigenvalue weighted by molar-refractivity contribution is 6.30. The first-order valence-electron chi connectivity index (χ1n) is 5.77. The summed E-state index contributed by atoms with van der Waals surface area (Å²) in [6.45, 7) is 1.89. The Labute approximate surface area is 119 Å². The fraction of sp³-hybridized carbons (Fsp3) is 0.154. The maximum absolute atomic E-state index is 13.5. The first kappa shape index (κ1) is 14.2. The first-order chi connectivity index (χ1) is 9.49. The van der Waals surface area contributed by atoms with Crippen LogP contribution in [0.1, 0.15) is 11.1 Å². The molecule has 0 amide bonds. The Hall–Kier alpha value is -2.21. The summed E-state index contributed by atoms with van der Waals surface area (Å²) >= 11 is 5.61. The average molecular weight is 296 g/mol. The summed E-state index contributed by atoms with van der Waals surface area (Å²) < 4.78 is 13.5. The molecule has 0 saturated heterocycles. The van der Waals surface area contributed by atoms with Crippen molar-refractivity contribution in [2.75, 3.05) is 5.32 Å². The van der Waals surface area contributed by atoms with E-state index in [1.165, 1.54) is 12.3 Å². The topological polar surface area (TPSA) is 68.1 Å². The van der Waals surface area contributed by atoms with Crippen LogP contribution in [-0.4, -0.2) is 9.91 Å². The van der Waals surface area contributed by atoms with Crippen molar-refractivity contribution in [1.82, 2.24) is 4.98 Å². The molecule has 0 spiro atoms. The van der Waals surface area contributed by atoms with E-state index < -0.39 is 10.7 Å². The highest BCUT2D eigenvalue weighted by Crippen LogP contribution is 2.22. The number of nitro benzene ring substituents is 1. The lowest BCUT2D eigenvalue weighted by Crippen LogP contribution is -2.06. The van der Waals surface area contributed by atoms with Crippen molar-refractivity contribution >= 4 is 23.1 Å². The minimum atomic E-state index is -0.569. The molecular weight excluding hydrogens is 285 g/mol. The van der Waals surface area contributed by atoms with E-state index in [1.807, 2.05) is 0 Å². The number of hydrogen-bond acceptors (Lipinski definition) is 4. The molecule has 1 aromatic heterocycles. The van der Waals surface area contributed by atoms with Gasteiger partial charge in [0.25, 0.3) is 5.69 Å². The number of pyridine rings is 1. The van der Waals surface area contributed by atoms with E-state index in [4.69, 9.17) is 11.6 Å². The number of nitro groups is 1. The number of halogens is 2. The van der Waals surface area contributed by atoms with Gasteiger partial charge in [-0.15, -0.1) is 0 Å². The largest absolute Gasteiger partial charge is 0.364 e. The number of aromatic nitrogens is 1. The smallest absolute Gasteiger partial charge is 0.272 e. The van der Waals surface area contributed by atoms with E-state index in [1.54, 1.807) is 19.1 Å². The molecule has 0 aliphatic heterocycles. The standard InChI is InChI=1S/C13H11ClFN3O2/c1-8-9(3-2-4-12(8)18(19)20)6-16-13-11(15)5-10(14)7-17-13/h2-5,7H,6H2,1H3,(H,16,17). The first-order valence-corrected chi connectivity index (χ1v) is 6.14. The van der Waals surface area contributed by atoms with Gasteiger partial charge in [0.2, 0.25) is 0 Å². The summed E-state index contributed by atoms with van der Waals surface area (Å²) in [4.78, 5) is 14.2. The van der Waals surface area contributed by atoms with E-state index >= 15 is 0 Å². The van der Waals surface area contributed by atoms with Gasteiger partial charge < -0.3 is 5.32 Å². The minimum absolute atomic E-state index is 0.0360. The summed E-state index contributed by atoms with van der Waals surface area (Å²) in [7, 11) is 0. The van der Waals surface area contributed by atoms with Gasteiger partial charge in [0.1, 0.15) is 0 Å². The van der Waals surface area contributed by atoms with E-state index in [0.29, 0.717) is 11.1 Å². The van der Waals surface area contributed by atoms with Gasteiger partial charge in [-0.2, -0.15) is 0 Å². The van der Waals surface area contributed by atoms with Crippen LogP contribution < -0.4 is 5.32 Å². The Balaban J connectivity index is 2.19. The van der Waals surface area contributed by atoms with Crippen LogP contribution in [0, 0.1) is 22.9 Å². The zero-order chi connectivity index (χ0) is 14.7. The van der Waals surface area contributed by atoms with Gasteiger partial charge in [0, 0.05) is 24.4 Å². The molecule has 0 atom stereocenters. The third-order valence-corrected chi connectivity index (χ3v) is 3.07. The Kier molecular flexibility index (Phi) is 4.14. The average Bonchev–Trinajstić information content (AvgIpc) is 2.39. The molecule has 20 heavy (non-hydrogen) atoms. The third-order valence-electron chi connectivity index (χ3n) is 2.87. The summed E-state index contributed by atoms with van der Waals surface area (Å²) in [5.41, 5.74) is 1.28.